The van der Waals surface area contributed by atoms with Gasteiger partial charge in [-0.2, -0.15) is 0 Å². The second-order valence-electron chi connectivity index (χ2n) is 4.13. The molecule has 0 saturated heterocycles. The largest absolute Gasteiger partial charge is 0.383 e. The molecule has 2 heterocycles. The second kappa shape index (κ2) is 5.94. The molecule has 0 radical (unpaired) electrons. The van der Waals surface area contributed by atoms with Crippen LogP contribution in [0.1, 0.15) is 13.0 Å². The van der Waals surface area contributed by atoms with Gasteiger partial charge in [0, 0.05) is 19.9 Å². The van der Waals surface area contributed by atoms with Crippen LogP contribution in [-0.2, 0) is 9.53 Å². The number of rotatable bonds is 5. The van der Waals surface area contributed by atoms with E-state index in [1.165, 1.54) is 0 Å². The summed E-state index contributed by atoms with van der Waals surface area (Å²) in [6.07, 6.45) is 1.68. The van der Waals surface area contributed by atoms with Crippen LogP contribution in [0.25, 0.3) is 11.2 Å². The van der Waals surface area contributed by atoms with Crippen molar-refractivity contribution in [1.29, 1.82) is 0 Å². The summed E-state index contributed by atoms with van der Waals surface area (Å²) in [6.45, 7) is 2.75. The Morgan fingerprint density at radius 2 is 2.47 bits per heavy atom. The van der Waals surface area contributed by atoms with Crippen LogP contribution in [0.4, 0.5) is 0 Å². The molecule has 7 heteroatoms. The minimum atomic E-state index is -0.423. The topological polar surface area (TPSA) is 71.9 Å². The van der Waals surface area contributed by atoms with Gasteiger partial charge in [0.15, 0.2) is 10.4 Å². The zero-order chi connectivity index (χ0) is 13.8. The van der Waals surface area contributed by atoms with Crippen molar-refractivity contribution in [3.63, 3.8) is 0 Å². The summed E-state index contributed by atoms with van der Waals surface area (Å²) in [5, 5.41) is 2.79. The molecular weight excluding hydrogens is 264 g/mol. The zero-order valence-electron chi connectivity index (χ0n) is 10.8. The van der Waals surface area contributed by atoms with Crippen molar-refractivity contribution in [2.24, 2.45) is 0 Å². The SMILES string of the molecule is COCCNC(=O)C(C)n1c(=S)[nH]c2cccnc21. The molecule has 2 aromatic heterocycles. The molecule has 0 bridgehead atoms. The number of fused-ring (bicyclic) bond motifs is 1. The number of hydrogen-bond acceptors (Lipinski definition) is 4. The fourth-order valence-corrected chi connectivity index (χ4v) is 2.21. The zero-order valence-corrected chi connectivity index (χ0v) is 11.7. The summed E-state index contributed by atoms with van der Waals surface area (Å²) in [6, 6.07) is 3.28. The lowest BCUT2D eigenvalue weighted by molar-refractivity contribution is -0.124. The van der Waals surface area contributed by atoms with Crippen molar-refractivity contribution in [3.05, 3.63) is 23.1 Å². The number of pyridine rings is 1. The lowest BCUT2D eigenvalue weighted by atomic mass is 10.3. The maximum absolute atomic E-state index is 12.0. The number of carbonyl (C=O) groups excluding carboxylic acids is 1. The van der Waals surface area contributed by atoms with Gasteiger partial charge in [0.1, 0.15) is 6.04 Å². The van der Waals surface area contributed by atoms with Crippen molar-refractivity contribution in [2.45, 2.75) is 13.0 Å². The van der Waals surface area contributed by atoms with Gasteiger partial charge in [-0.15, -0.1) is 0 Å². The molecule has 0 aliphatic carbocycles. The van der Waals surface area contributed by atoms with Crippen molar-refractivity contribution < 1.29 is 9.53 Å². The van der Waals surface area contributed by atoms with E-state index in [0.717, 1.165) is 5.52 Å². The van der Waals surface area contributed by atoms with E-state index in [1.807, 2.05) is 12.1 Å². The molecule has 0 fully saturated rings. The number of nitrogens with one attached hydrogen (secondary N) is 2. The van der Waals surface area contributed by atoms with E-state index >= 15 is 0 Å². The van der Waals surface area contributed by atoms with E-state index in [9.17, 15) is 4.79 Å². The van der Waals surface area contributed by atoms with Gasteiger partial charge in [0.2, 0.25) is 5.91 Å². The Kier molecular flexibility index (Phi) is 4.28. The van der Waals surface area contributed by atoms with Gasteiger partial charge < -0.3 is 15.0 Å². The first-order valence-corrected chi connectivity index (χ1v) is 6.38. The number of imidazole rings is 1. The smallest absolute Gasteiger partial charge is 0.243 e. The Morgan fingerprint density at radius 1 is 1.68 bits per heavy atom. The van der Waals surface area contributed by atoms with E-state index in [4.69, 9.17) is 17.0 Å². The Morgan fingerprint density at radius 3 is 3.21 bits per heavy atom. The first-order chi connectivity index (χ1) is 9.15. The minimum Gasteiger partial charge on any atom is -0.383 e. The van der Waals surface area contributed by atoms with Crippen LogP contribution in [-0.4, -0.2) is 40.7 Å². The number of H-pyrrole nitrogens is 1. The van der Waals surface area contributed by atoms with Crippen molar-refractivity contribution in [1.82, 2.24) is 19.9 Å². The van der Waals surface area contributed by atoms with Crippen molar-refractivity contribution in [3.8, 4) is 0 Å². The maximum Gasteiger partial charge on any atom is 0.243 e. The number of hydrogen-bond donors (Lipinski definition) is 2. The molecular formula is C12H16N4O2S. The number of carbonyl (C=O) groups is 1. The molecule has 2 aromatic rings. The van der Waals surface area contributed by atoms with Crippen molar-refractivity contribution in [2.75, 3.05) is 20.3 Å². The van der Waals surface area contributed by atoms with Crippen LogP contribution in [0.2, 0.25) is 0 Å². The van der Waals surface area contributed by atoms with Crippen LogP contribution >= 0.6 is 12.2 Å². The highest BCUT2D eigenvalue weighted by Crippen LogP contribution is 2.16. The Hall–Kier alpha value is -1.73. The molecule has 0 aliphatic rings. The van der Waals surface area contributed by atoms with Crippen LogP contribution in [0.5, 0.6) is 0 Å². The van der Waals surface area contributed by atoms with E-state index < -0.39 is 6.04 Å². The number of methoxy groups -OCH3 is 1. The summed E-state index contributed by atoms with van der Waals surface area (Å²) in [7, 11) is 1.59. The molecule has 2 rings (SSSR count). The number of ether oxygens (including phenoxy) is 1. The Bertz CT molecular complexity index is 634. The highest BCUT2D eigenvalue weighted by Gasteiger charge is 2.18. The predicted octanol–water partition coefficient (Wildman–Crippen LogP) is 1.42. The third kappa shape index (κ3) is 2.82. The number of aromatic amines is 1. The molecule has 2 N–H and O–H groups in total. The van der Waals surface area contributed by atoms with Gasteiger partial charge in [0.05, 0.1) is 12.1 Å². The quantitative estimate of drug-likeness (QED) is 0.642. The average molecular weight is 280 g/mol. The van der Waals surface area contributed by atoms with Gasteiger partial charge in [-0.1, -0.05) is 0 Å². The fourth-order valence-electron chi connectivity index (χ4n) is 1.86. The second-order valence-corrected chi connectivity index (χ2v) is 4.52. The minimum absolute atomic E-state index is 0.111. The van der Waals surface area contributed by atoms with Crippen LogP contribution in [0.15, 0.2) is 18.3 Å². The van der Waals surface area contributed by atoms with Crippen LogP contribution in [0, 0.1) is 4.77 Å². The molecule has 102 valence electrons. The molecule has 0 aliphatic heterocycles. The molecule has 0 aromatic carbocycles. The van der Waals surface area contributed by atoms with Gasteiger partial charge in [0.25, 0.3) is 0 Å². The van der Waals surface area contributed by atoms with Crippen molar-refractivity contribution >= 4 is 29.3 Å². The monoisotopic (exact) mass is 280 g/mol. The summed E-state index contributed by atoms with van der Waals surface area (Å²) in [5.74, 6) is -0.111. The molecule has 6 nitrogen and oxygen atoms in total. The highest BCUT2D eigenvalue weighted by atomic mass is 32.1. The average Bonchev–Trinajstić information content (AvgIpc) is 2.74. The maximum atomic E-state index is 12.0. The summed E-state index contributed by atoms with van der Waals surface area (Å²) in [4.78, 5) is 19.3. The number of aromatic nitrogens is 3. The summed E-state index contributed by atoms with van der Waals surface area (Å²) >= 11 is 5.25. The van der Waals surface area contributed by atoms with Crippen LogP contribution < -0.4 is 5.32 Å². The molecule has 1 atom stereocenters. The van der Waals surface area contributed by atoms with Crippen LogP contribution in [0.3, 0.4) is 0 Å². The Labute approximate surface area is 115 Å². The van der Waals surface area contributed by atoms with Gasteiger partial charge >= 0.3 is 0 Å². The highest BCUT2D eigenvalue weighted by molar-refractivity contribution is 7.71. The molecule has 1 unspecified atom stereocenters. The van der Waals surface area contributed by atoms with Gasteiger partial charge in [-0.05, 0) is 31.3 Å². The lowest BCUT2D eigenvalue weighted by Crippen LogP contribution is -2.33. The standard InChI is InChI=1S/C12H16N4O2S/c1-8(11(17)14-6-7-18-2)16-10-9(15-12(16)19)4-3-5-13-10/h3-5,8H,6-7H2,1-2H3,(H,14,17)(H,15,19). The molecule has 19 heavy (non-hydrogen) atoms. The van der Waals surface area contributed by atoms with E-state index in [-0.39, 0.29) is 5.91 Å². The molecule has 0 spiro atoms. The first kappa shape index (κ1) is 13.7. The normalized spacial score (nSPS) is 12.5. The first-order valence-electron chi connectivity index (χ1n) is 5.97. The van der Waals surface area contributed by atoms with E-state index in [0.29, 0.717) is 23.6 Å². The Balaban J connectivity index is 2.26. The van der Waals surface area contributed by atoms with Gasteiger partial charge in [-0.3, -0.25) is 9.36 Å². The summed E-state index contributed by atoms with van der Waals surface area (Å²) < 4.78 is 7.10. The lowest BCUT2D eigenvalue weighted by Gasteiger charge is -2.13. The third-order valence-electron chi connectivity index (χ3n) is 2.85. The number of amides is 1. The van der Waals surface area contributed by atoms with Gasteiger partial charge in [-0.25, -0.2) is 4.98 Å². The fraction of sp³-hybridized carbons (Fsp3) is 0.417. The van der Waals surface area contributed by atoms with E-state index in [1.54, 1.807) is 24.8 Å². The third-order valence-corrected chi connectivity index (χ3v) is 3.15. The number of nitrogens with zero attached hydrogens (tertiary/aromatic N) is 2. The predicted molar refractivity (Wildman–Crippen MR) is 74.5 cm³/mol. The summed E-state index contributed by atoms with van der Waals surface area (Å²) in [5.41, 5.74) is 1.51. The molecule has 1 amide bonds. The van der Waals surface area contributed by atoms with E-state index in [2.05, 4.69) is 15.3 Å². The molecule has 0 saturated carbocycles.